The molecule has 0 bridgehead atoms. The van der Waals surface area contributed by atoms with Gasteiger partial charge in [0.1, 0.15) is 6.54 Å². The number of amides is 2. The minimum absolute atomic E-state index is 0.00858. The molecule has 1 atom stereocenters. The quantitative estimate of drug-likeness (QED) is 0.365. The zero-order chi connectivity index (χ0) is 25.5. The summed E-state index contributed by atoms with van der Waals surface area (Å²) in [5.74, 6) is -0.194. The predicted molar refractivity (Wildman–Crippen MR) is 145 cm³/mol. The van der Waals surface area contributed by atoms with Crippen molar-refractivity contribution >= 4 is 23.2 Å². The average Bonchev–Trinajstić information content (AvgIpc) is 3.57. The number of carbonyl (C=O) groups excluding carboxylic acids is 2. The highest BCUT2D eigenvalue weighted by Crippen LogP contribution is 2.23. The highest BCUT2D eigenvalue weighted by atomic mass is 32.1. The molecule has 2 aromatic carbocycles. The molecule has 6 heteroatoms. The summed E-state index contributed by atoms with van der Waals surface area (Å²) in [7, 11) is 0. The Morgan fingerprint density at radius 3 is 2.31 bits per heavy atom. The number of hydrogen-bond donors (Lipinski definition) is 0. The third kappa shape index (κ3) is 7.05. The highest BCUT2D eigenvalue weighted by molar-refractivity contribution is 7.09. The lowest BCUT2D eigenvalue weighted by molar-refractivity contribution is -0.133. The van der Waals surface area contributed by atoms with E-state index in [-0.39, 0.29) is 29.9 Å². The Hall–Kier alpha value is -2.96. The van der Waals surface area contributed by atoms with Crippen molar-refractivity contribution in [2.45, 2.75) is 58.2 Å². The topological polar surface area (TPSA) is 49.9 Å². The molecule has 1 aromatic heterocycles. The number of benzene rings is 2. The minimum Gasteiger partial charge on any atom is -0.376 e. The second-order valence-electron chi connectivity index (χ2n) is 10.5. The van der Waals surface area contributed by atoms with E-state index in [1.807, 2.05) is 77.0 Å². The summed E-state index contributed by atoms with van der Waals surface area (Å²) in [6.07, 6.45) is 1.86. The number of nitrogens with zero attached hydrogens (tertiary/aromatic N) is 2. The summed E-state index contributed by atoms with van der Waals surface area (Å²) in [6.45, 7) is 8.64. The van der Waals surface area contributed by atoms with Gasteiger partial charge in [0.2, 0.25) is 5.91 Å². The van der Waals surface area contributed by atoms with Gasteiger partial charge in [-0.1, -0.05) is 69.3 Å². The molecule has 5 nitrogen and oxygen atoms in total. The van der Waals surface area contributed by atoms with Crippen molar-refractivity contribution in [1.82, 2.24) is 9.80 Å². The lowest BCUT2D eigenvalue weighted by atomic mass is 9.86. The lowest BCUT2D eigenvalue weighted by Crippen LogP contribution is -2.45. The number of carbonyl (C=O) groups is 2. The molecule has 1 fully saturated rings. The molecule has 1 aliphatic heterocycles. The van der Waals surface area contributed by atoms with Crippen LogP contribution in [0.3, 0.4) is 0 Å². The number of thiophene rings is 1. The van der Waals surface area contributed by atoms with Crippen molar-refractivity contribution in [1.29, 1.82) is 0 Å². The maximum atomic E-state index is 13.7. The minimum atomic E-state index is -0.130. The summed E-state index contributed by atoms with van der Waals surface area (Å²) < 4.78 is 5.84. The molecule has 0 aliphatic carbocycles. The van der Waals surface area contributed by atoms with Crippen molar-refractivity contribution < 1.29 is 14.3 Å². The van der Waals surface area contributed by atoms with E-state index in [2.05, 4.69) is 20.8 Å². The van der Waals surface area contributed by atoms with Crippen molar-refractivity contribution in [2.24, 2.45) is 0 Å². The van der Waals surface area contributed by atoms with E-state index in [4.69, 9.17) is 4.74 Å². The summed E-state index contributed by atoms with van der Waals surface area (Å²) in [5, 5.41) is 2.02. The molecule has 2 heterocycles. The Morgan fingerprint density at radius 1 is 0.944 bits per heavy atom. The molecule has 190 valence electrons. The van der Waals surface area contributed by atoms with Gasteiger partial charge in [-0.2, -0.15) is 0 Å². The second kappa shape index (κ2) is 11.8. The SMILES string of the molecule is CC(C)(C)c1ccc(C(=O)N(CC(=O)N(Cc2ccccc2)Cc2cccs2)CC2CCCO2)cc1. The average molecular weight is 505 g/mol. The normalized spacial score (nSPS) is 15.6. The third-order valence-corrected chi connectivity index (χ3v) is 7.42. The second-order valence-corrected chi connectivity index (χ2v) is 11.5. The van der Waals surface area contributed by atoms with Crippen LogP contribution in [0.1, 0.15) is 60.0 Å². The van der Waals surface area contributed by atoms with Gasteiger partial charge in [-0.25, -0.2) is 0 Å². The van der Waals surface area contributed by atoms with Gasteiger partial charge in [-0.15, -0.1) is 11.3 Å². The highest BCUT2D eigenvalue weighted by Gasteiger charge is 2.27. The Bertz CT molecular complexity index is 1120. The van der Waals surface area contributed by atoms with Crippen LogP contribution >= 0.6 is 11.3 Å². The van der Waals surface area contributed by atoms with E-state index in [0.717, 1.165) is 23.3 Å². The molecule has 2 amide bonds. The zero-order valence-corrected chi connectivity index (χ0v) is 22.3. The van der Waals surface area contributed by atoms with Gasteiger partial charge < -0.3 is 14.5 Å². The fourth-order valence-corrected chi connectivity index (χ4v) is 5.16. The molecular weight excluding hydrogens is 468 g/mol. The van der Waals surface area contributed by atoms with Crippen molar-refractivity contribution in [3.05, 3.63) is 93.7 Å². The first-order valence-electron chi connectivity index (χ1n) is 12.6. The maximum Gasteiger partial charge on any atom is 0.254 e. The molecular formula is C30H36N2O3S. The summed E-state index contributed by atoms with van der Waals surface area (Å²) in [5.41, 5.74) is 2.85. The molecule has 3 aromatic rings. The van der Waals surface area contributed by atoms with Crippen LogP contribution in [0.4, 0.5) is 0 Å². The van der Waals surface area contributed by atoms with Crippen molar-refractivity contribution in [3.8, 4) is 0 Å². The zero-order valence-electron chi connectivity index (χ0n) is 21.5. The first kappa shape index (κ1) is 26.1. The maximum absolute atomic E-state index is 13.7. The van der Waals surface area contributed by atoms with Gasteiger partial charge in [-0.05, 0) is 53.0 Å². The fourth-order valence-electron chi connectivity index (χ4n) is 4.44. The van der Waals surface area contributed by atoms with E-state index in [9.17, 15) is 9.59 Å². The Morgan fingerprint density at radius 2 is 1.69 bits per heavy atom. The van der Waals surface area contributed by atoms with Crippen molar-refractivity contribution in [2.75, 3.05) is 19.7 Å². The first-order chi connectivity index (χ1) is 17.3. The summed E-state index contributed by atoms with van der Waals surface area (Å²) in [4.78, 5) is 31.9. The van der Waals surface area contributed by atoms with Gasteiger partial charge in [0.25, 0.3) is 5.91 Å². The van der Waals surface area contributed by atoms with E-state index in [1.165, 1.54) is 5.56 Å². The number of hydrogen-bond acceptors (Lipinski definition) is 4. The van der Waals surface area contributed by atoms with Crippen LogP contribution in [-0.4, -0.2) is 47.4 Å². The predicted octanol–water partition coefficient (Wildman–Crippen LogP) is 5.90. The molecule has 1 unspecified atom stereocenters. The smallest absolute Gasteiger partial charge is 0.254 e. The molecule has 1 aliphatic rings. The van der Waals surface area contributed by atoms with Gasteiger partial charge in [0, 0.05) is 30.1 Å². The van der Waals surface area contributed by atoms with Crippen LogP contribution in [0.5, 0.6) is 0 Å². The van der Waals surface area contributed by atoms with Crippen LogP contribution < -0.4 is 0 Å². The summed E-state index contributed by atoms with van der Waals surface area (Å²) >= 11 is 1.64. The van der Waals surface area contributed by atoms with E-state index >= 15 is 0 Å². The largest absolute Gasteiger partial charge is 0.376 e. The van der Waals surface area contributed by atoms with Crippen LogP contribution in [0, 0.1) is 0 Å². The van der Waals surface area contributed by atoms with Crippen LogP contribution in [0.2, 0.25) is 0 Å². The van der Waals surface area contributed by atoms with Crippen LogP contribution in [0.25, 0.3) is 0 Å². The molecule has 0 radical (unpaired) electrons. The van der Waals surface area contributed by atoms with E-state index in [1.54, 1.807) is 16.2 Å². The monoisotopic (exact) mass is 504 g/mol. The number of rotatable bonds is 9. The van der Waals surface area contributed by atoms with Crippen LogP contribution in [-0.2, 0) is 28.0 Å². The molecule has 0 spiro atoms. The van der Waals surface area contributed by atoms with E-state index < -0.39 is 0 Å². The summed E-state index contributed by atoms with van der Waals surface area (Å²) in [6, 6.07) is 21.8. The van der Waals surface area contributed by atoms with Gasteiger partial charge >= 0.3 is 0 Å². The van der Waals surface area contributed by atoms with Gasteiger partial charge in [0.15, 0.2) is 0 Å². The lowest BCUT2D eigenvalue weighted by Gasteiger charge is -2.29. The molecule has 0 N–H and O–H groups in total. The van der Waals surface area contributed by atoms with Crippen LogP contribution in [0.15, 0.2) is 72.1 Å². The Kier molecular flexibility index (Phi) is 8.60. The van der Waals surface area contributed by atoms with Crippen molar-refractivity contribution in [3.63, 3.8) is 0 Å². The molecule has 0 saturated carbocycles. The van der Waals surface area contributed by atoms with Gasteiger partial charge in [-0.3, -0.25) is 9.59 Å². The van der Waals surface area contributed by atoms with E-state index in [0.29, 0.717) is 31.8 Å². The standard InChI is InChI=1S/C30H36N2O3S/c1-30(2,3)25-15-13-24(14-16-25)29(34)32(20-26-11-7-17-35-26)22-28(33)31(21-27-12-8-18-36-27)19-23-9-5-4-6-10-23/h4-6,8-10,12-16,18,26H,7,11,17,19-22H2,1-3H3. The third-order valence-electron chi connectivity index (χ3n) is 6.55. The molecule has 1 saturated heterocycles. The molecule has 36 heavy (non-hydrogen) atoms. The van der Waals surface area contributed by atoms with Gasteiger partial charge in [0.05, 0.1) is 12.6 Å². The number of ether oxygens (including phenoxy) is 1. The fraction of sp³-hybridized carbons (Fsp3) is 0.400. The Balaban J connectivity index is 1.54. The molecule has 4 rings (SSSR count). The Labute approximate surface area is 218 Å². The first-order valence-corrected chi connectivity index (χ1v) is 13.5.